The normalized spacial score (nSPS) is 11.1. The van der Waals surface area contributed by atoms with Crippen molar-refractivity contribution in [1.82, 2.24) is 10.1 Å². The van der Waals surface area contributed by atoms with E-state index in [4.69, 9.17) is 4.52 Å². The van der Waals surface area contributed by atoms with Crippen LogP contribution in [-0.4, -0.2) is 10.1 Å². The molecule has 0 fully saturated rings. The van der Waals surface area contributed by atoms with Crippen molar-refractivity contribution in [2.45, 2.75) is 24.9 Å². The van der Waals surface area contributed by atoms with E-state index < -0.39 is 0 Å². The minimum Gasteiger partial charge on any atom is -0.338 e. The van der Waals surface area contributed by atoms with Crippen LogP contribution in [0.15, 0.2) is 47.0 Å². The first-order valence-corrected chi connectivity index (χ1v) is 7.88. The summed E-state index contributed by atoms with van der Waals surface area (Å²) in [5.41, 5.74) is 1.35. The Bertz CT molecular complexity index is 703. The molecule has 0 aliphatic carbocycles. The van der Waals surface area contributed by atoms with Gasteiger partial charge in [0.15, 0.2) is 5.82 Å². The van der Waals surface area contributed by atoms with Gasteiger partial charge in [-0.25, -0.2) is 0 Å². The van der Waals surface area contributed by atoms with Crippen LogP contribution in [0.5, 0.6) is 0 Å². The summed E-state index contributed by atoms with van der Waals surface area (Å²) in [5.74, 6) is 3.21. The van der Waals surface area contributed by atoms with Crippen LogP contribution in [0.25, 0.3) is 10.8 Å². The van der Waals surface area contributed by atoms with Gasteiger partial charge in [-0.2, -0.15) is 4.98 Å². The number of aryl methyl sites for hydroxylation is 1. The number of benzene rings is 2. The molecule has 0 saturated heterocycles. The van der Waals surface area contributed by atoms with Gasteiger partial charge in [0.2, 0.25) is 5.89 Å². The first kappa shape index (κ1) is 13.2. The summed E-state index contributed by atoms with van der Waals surface area (Å²) in [6, 6.07) is 14.9. The summed E-state index contributed by atoms with van der Waals surface area (Å²) in [6.45, 7) is 2.03. The van der Waals surface area contributed by atoms with Crippen LogP contribution in [0.2, 0.25) is 0 Å². The van der Waals surface area contributed by atoms with Crippen LogP contribution in [0.3, 0.4) is 0 Å². The van der Waals surface area contributed by atoms with Crippen LogP contribution < -0.4 is 0 Å². The van der Waals surface area contributed by atoms with Crippen molar-refractivity contribution >= 4 is 22.5 Å². The van der Waals surface area contributed by atoms with Crippen LogP contribution >= 0.6 is 11.8 Å². The number of fused-ring (bicyclic) bond motifs is 1. The van der Waals surface area contributed by atoms with E-state index in [1.807, 2.05) is 6.92 Å². The lowest BCUT2D eigenvalue weighted by Gasteiger charge is -2.05. The van der Waals surface area contributed by atoms with Gasteiger partial charge in [0, 0.05) is 12.2 Å². The smallest absolute Gasteiger partial charge is 0.236 e. The number of hydrogen-bond acceptors (Lipinski definition) is 4. The molecule has 0 radical (unpaired) electrons. The molecule has 102 valence electrons. The molecule has 0 spiro atoms. The van der Waals surface area contributed by atoms with Crippen molar-refractivity contribution in [1.29, 1.82) is 0 Å². The predicted octanol–water partition coefficient (Wildman–Crippen LogP) is 4.22. The second kappa shape index (κ2) is 6.09. The van der Waals surface area contributed by atoms with Gasteiger partial charge in [-0.05, 0) is 16.3 Å². The van der Waals surface area contributed by atoms with Gasteiger partial charge in [-0.3, -0.25) is 0 Å². The fraction of sp³-hybridized carbons (Fsp3) is 0.250. The largest absolute Gasteiger partial charge is 0.338 e. The van der Waals surface area contributed by atoms with Gasteiger partial charge in [0.25, 0.3) is 0 Å². The monoisotopic (exact) mass is 284 g/mol. The van der Waals surface area contributed by atoms with Gasteiger partial charge in [0.1, 0.15) is 0 Å². The molecule has 0 N–H and O–H groups in total. The standard InChI is InChI=1S/C16H16N2OS/c1-2-15-17-16(19-18-15)11-20-10-13-8-5-7-12-6-3-4-9-14(12)13/h3-9H,2,10-11H2,1H3. The molecule has 3 nitrogen and oxygen atoms in total. The van der Waals surface area contributed by atoms with E-state index in [0.29, 0.717) is 5.89 Å². The maximum absolute atomic E-state index is 5.20. The minimum atomic E-state index is 0.715. The van der Waals surface area contributed by atoms with Crippen LogP contribution in [0.4, 0.5) is 0 Å². The SMILES string of the molecule is CCc1noc(CSCc2cccc3ccccc23)n1. The second-order valence-electron chi connectivity index (χ2n) is 4.59. The average molecular weight is 284 g/mol. The highest BCUT2D eigenvalue weighted by Crippen LogP contribution is 2.24. The molecule has 0 atom stereocenters. The molecule has 0 amide bonds. The van der Waals surface area contributed by atoms with E-state index >= 15 is 0 Å². The minimum absolute atomic E-state index is 0.715. The number of aromatic nitrogens is 2. The average Bonchev–Trinajstić information content (AvgIpc) is 2.95. The summed E-state index contributed by atoms with van der Waals surface area (Å²) < 4.78 is 5.20. The van der Waals surface area contributed by atoms with Gasteiger partial charge in [-0.15, -0.1) is 11.8 Å². The van der Waals surface area contributed by atoms with Crippen LogP contribution in [-0.2, 0) is 17.9 Å². The number of hydrogen-bond donors (Lipinski definition) is 0. The van der Waals surface area contributed by atoms with Crippen molar-refractivity contribution in [3.8, 4) is 0 Å². The van der Waals surface area contributed by atoms with Crippen LogP contribution in [0.1, 0.15) is 24.2 Å². The lowest BCUT2D eigenvalue weighted by molar-refractivity contribution is 0.385. The van der Waals surface area contributed by atoms with E-state index in [1.165, 1.54) is 16.3 Å². The van der Waals surface area contributed by atoms with Crippen molar-refractivity contribution < 1.29 is 4.52 Å². The third-order valence-electron chi connectivity index (χ3n) is 3.19. The highest BCUT2D eigenvalue weighted by molar-refractivity contribution is 7.97. The van der Waals surface area contributed by atoms with Crippen molar-refractivity contribution in [2.75, 3.05) is 0 Å². The highest BCUT2D eigenvalue weighted by Gasteiger charge is 2.06. The molecule has 0 aliphatic heterocycles. The highest BCUT2D eigenvalue weighted by atomic mass is 32.2. The first-order valence-electron chi connectivity index (χ1n) is 6.72. The van der Waals surface area contributed by atoms with Crippen molar-refractivity contribution in [3.63, 3.8) is 0 Å². The fourth-order valence-corrected chi connectivity index (χ4v) is 3.02. The summed E-state index contributed by atoms with van der Waals surface area (Å²) >= 11 is 1.80. The summed E-state index contributed by atoms with van der Waals surface area (Å²) in [7, 11) is 0. The molecule has 1 aromatic heterocycles. The molecule has 3 aromatic rings. The van der Waals surface area contributed by atoms with Gasteiger partial charge >= 0.3 is 0 Å². The third kappa shape index (κ3) is 2.85. The lowest BCUT2D eigenvalue weighted by Crippen LogP contribution is -1.87. The zero-order valence-corrected chi connectivity index (χ0v) is 12.2. The summed E-state index contributed by atoms with van der Waals surface area (Å²) in [6.07, 6.45) is 0.817. The maximum atomic E-state index is 5.20. The molecule has 0 aliphatic rings. The Morgan fingerprint density at radius 2 is 1.90 bits per heavy atom. The molecule has 4 heteroatoms. The van der Waals surface area contributed by atoms with Gasteiger partial charge < -0.3 is 4.52 Å². The number of thioether (sulfide) groups is 1. The molecule has 0 saturated carbocycles. The molecule has 0 unspecified atom stereocenters. The summed E-state index contributed by atoms with van der Waals surface area (Å²) in [5, 5.41) is 6.52. The quantitative estimate of drug-likeness (QED) is 0.703. The molecule has 20 heavy (non-hydrogen) atoms. The van der Waals surface area contributed by atoms with Crippen molar-refractivity contribution in [2.24, 2.45) is 0 Å². The topological polar surface area (TPSA) is 38.9 Å². The Morgan fingerprint density at radius 1 is 1.05 bits per heavy atom. The molecule has 2 aromatic carbocycles. The van der Waals surface area contributed by atoms with E-state index in [0.717, 1.165) is 23.8 Å². The van der Waals surface area contributed by atoms with E-state index in [2.05, 4.69) is 52.6 Å². The molecule has 0 bridgehead atoms. The zero-order chi connectivity index (χ0) is 13.8. The summed E-state index contributed by atoms with van der Waals surface area (Å²) in [4.78, 5) is 4.32. The predicted molar refractivity (Wildman–Crippen MR) is 82.6 cm³/mol. The Labute approximate surface area is 122 Å². The molecule has 1 heterocycles. The van der Waals surface area contributed by atoms with Crippen molar-refractivity contribution in [3.05, 3.63) is 59.7 Å². The van der Waals surface area contributed by atoms with Gasteiger partial charge in [-0.1, -0.05) is 54.5 Å². The second-order valence-corrected chi connectivity index (χ2v) is 5.57. The Morgan fingerprint density at radius 3 is 2.75 bits per heavy atom. The Balaban J connectivity index is 1.68. The fourth-order valence-electron chi connectivity index (χ4n) is 2.16. The van der Waals surface area contributed by atoms with Gasteiger partial charge in [0.05, 0.1) is 5.75 Å². The zero-order valence-electron chi connectivity index (χ0n) is 11.4. The van der Waals surface area contributed by atoms with Crippen LogP contribution in [0, 0.1) is 0 Å². The van der Waals surface area contributed by atoms with E-state index in [-0.39, 0.29) is 0 Å². The first-order chi connectivity index (χ1) is 9.86. The maximum Gasteiger partial charge on any atom is 0.236 e. The lowest BCUT2D eigenvalue weighted by atomic mass is 10.1. The Kier molecular flexibility index (Phi) is 4.02. The van der Waals surface area contributed by atoms with E-state index in [9.17, 15) is 0 Å². The molecular formula is C16H16N2OS. The molecular weight excluding hydrogens is 268 g/mol. The van der Waals surface area contributed by atoms with E-state index in [1.54, 1.807) is 11.8 Å². The third-order valence-corrected chi connectivity index (χ3v) is 4.16. The molecule has 3 rings (SSSR count). The number of nitrogens with zero attached hydrogens (tertiary/aromatic N) is 2. The number of rotatable bonds is 5. The Hall–Kier alpha value is -1.81.